The van der Waals surface area contributed by atoms with E-state index in [0.717, 1.165) is 21.3 Å². The quantitative estimate of drug-likeness (QED) is 0.216. The van der Waals surface area contributed by atoms with E-state index in [1.54, 1.807) is 54.7 Å². The molecule has 0 bridgehead atoms. The molecule has 4 aromatic rings. The topological polar surface area (TPSA) is 62.9 Å². The summed E-state index contributed by atoms with van der Waals surface area (Å²) in [4.78, 5) is 4.65. The summed E-state index contributed by atoms with van der Waals surface area (Å²) in [5.41, 5.74) is 2.59. The first-order chi connectivity index (χ1) is 16.3. The number of furan rings is 1. The van der Waals surface area contributed by atoms with Crippen molar-refractivity contribution < 1.29 is 12.8 Å². The summed E-state index contributed by atoms with van der Waals surface area (Å²) in [6, 6.07) is 25.1. The smallest absolute Gasteiger partial charge is 0.243 e. The van der Waals surface area contributed by atoms with Gasteiger partial charge in [0, 0.05) is 16.0 Å². The number of hydrogen-bond donors (Lipinski definition) is 0. The van der Waals surface area contributed by atoms with E-state index < -0.39 is 10.0 Å². The summed E-state index contributed by atoms with van der Waals surface area (Å²) in [7, 11) is -3.77. The summed E-state index contributed by atoms with van der Waals surface area (Å²) in [6.45, 7) is 2.17. The SMILES string of the molecule is Cc1ccc(S(=O)(=O)N(Cc2ccc(Cl)cc2)Cc2ccc(C=Nc3cccc(Br)c3)o2)cc1. The van der Waals surface area contributed by atoms with Crippen molar-refractivity contribution in [2.75, 3.05) is 0 Å². The molecule has 3 aromatic carbocycles. The Balaban J connectivity index is 1.59. The number of nitrogens with zero attached hydrogens (tertiary/aromatic N) is 2. The van der Waals surface area contributed by atoms with Crippen LogP contribution >= 0.6 is 27.5 Å². The second-order valence-electron chi connectivity index (χ2n) is 7.75. The summed E-state index contributed by atoms with van der Waals surface area (Å²) in [6.07, 6.45) is 1.61. The van der Waals surface area contributed by atoms with E-state index in [2.05, 4.69) is 20.9 Å². The molecule has 0 unspecified atom stereocenters. The average molecular weight is 558 g/mol. The van der Waals surface area contributed by atoms with E-state index in [1.165, 1.54) is 4.31 Å². The molecule has 0 atom stereocenters. The van der Waals surface area contributed by atoms with Crippen molar-refractivity contribution in [3.63, 3.8) is 0 Å². The lowest BCUT2D eigenvalue weighted by atomic mass is 10.2. The third-order valence-electron chi connectivity index (χ3n) is 5.09. The highest BCUT2D eigenvalue weighted by molar-refractivity contribution is 9.10. The zero-order valence-electron chi connectivity index (χ0n) is 18.4. The fourth-order valence-corrected chi connectivity index (χ4v) is 5.20. The maximum atomic E-state index is 13.5. The van der Waals surface area contributed by atoms with Crippen LogP contribution < -0.4 is 0 Å². The van der Waals surface area contributed by atoms with Gasteiger partial charge in [-0.1, -0.05) is 63.4 Å². The number of halogens is 2. The Morgan fingerprint density at radius 3 is 2.41 bits per heavy atom. The monoisotopic (exact) mass is 556 g/mol. The first-order valence-electron chi connectivity index (χ1n) is 10.5. The first kappa shape index (κ1) is 24.4. The van der Waals surface area contributed by atoms with Crippen LogP contribution in [0.3, 0.4) is 0 Å². The van der Waals surface area contributed by atoms with Crippen LogP contribution in [0, 0.1) is 6.92 Å². The number of rotatable bonds is 8. The molecular formula is C26H22BrClN2O3S. The van der Waals surface area contributed by atoms with E-state index in [0.29, 0.717) is 16.5 Å². The van der Waals surface area contributed by atoms with E-state index in [4.69, 9.17) is 16.0 Å². The normalized spacial score (nSPS) is 12.0. The molecule has 0 aliphatic carbocycles. The zero-order valence-corrected chi connectivity index (χ0v) is 21.5. The minimum Gasteiger partial charge on any atom is -0.459 e. The molecule has 34 heavy (non-hydrogen) atoms. The second-order valence-corrected chi connectivity index (χ2v) is 11.0. The van der Waals surface area contributed by atoms with Gasteiger partial charge in [0.25, 0.3) is 0 Å². The van der Waals surface area contributed by atoms with Gasteiger partial charge in [0.1, 0.15) is 11.5 Å². The highest BCUT2D eigenvalue weighted by atomic mass is 79.9. The molecular weight excluding hydrogens is 536 g/mol. The molecule has 174 valence electrons. The third-order valence-corrected chi connectivity index (χ3v) is 7.65. The number of hydrogen-bond acceptors (Lipinski definition) is 4. The van der Waals surface area contributed by atoms with Crippen molar-refractivity contribution in [3.8, 4) is 0 Å². The summed E-state index contributed by atoms with van der Waals surface area (Å²) >= 11 is 9.43. The average Bonchev–Trinajstić information content (AvgIpc) is 3.26. The molecule has 0 N–H and O–H groups in total. The Bertz CT molecular complexity index is 1400. The molecule has 0 saturated carbocycles. The number of sulfonamides is 1. The standard InChI is InChI=1S/C26H22BrClN2O3S/c1-19-5-13-26(14-6-19)34(31,32)30(17-20-7-9-22(28)10-8-20)18-25-12-11-24(33-25)16-29-23-4-2-3-21(27)15-23/h2-16H,17-18H2,1H3. The lowest BCUT2D eigenvalue weighted by Gasteiger charge is -2.21. The van der Waals surface area contributed by atoms with Crippen molar-refractivity contribution in [2.45, 2.75) is 24.9 Å². The predicted octanol–water partition coefficient (Wildman–Crippen LogP) is 7.15. The Morgan fingerprint density at radius 2 is 1.71 bits per heavy atom. The molecule has 1 aromatic heterocycles. The van der Waals surface area contributed by atoms with Crippen LogP contribution in [0.5, 0.6) is 0 Å². The molecule has 0 amide bonds. The minimum atomic E-state index is -3.77. The van der Waals surface area contributed by atoms with Gasteiger partial charge in [-0.2, -0.15) is 4.31 Å². The molecule has 5 nitrogen and oxygen atoms in total. The largest absolute Gasteiger partial charge is 0.459 e. The van der Waals surface area contributed by atoms with Gasteiger partial charge in [0.15, 0.2) is 0 Å². The van der Waals surface area contributed by atoms with Crippen molar-refractivity contribution in [1.82, 2.24) is 4.31 Å². The second kappa shape index (κ2) is 10.7. The van der Waals surface area contributed by atoms with E-state index in [1.807, 2.05) is 43.3 Å². The molecule has 0 spiro atoms. The van der Waals surface area contributed by atoms with Gasteiger partial charge in [-0.3, -0.25) is 4.99 Å². The summed E-state index contributed by atoms with van der Waals surface area (Å²) in [5.74, 6) is 1.05. The number of aliphatic imine (C=N–C) groups is 1. The van der Waals surface area contributed by atoms with Crippen LogP contribution in [0.2, 0.25) is 5.02 Å². The van der Waals surface area contributed by atoms with Gasteiger partial charge in [-0.15, -0.1) is 0 Å². The summed E-state index contributed by atoms with van der Waals surface area (Å²) < 4.78 is 35.2. The molecule has 0 aliphatic rings. The van der Waals surface area contributed by atoms with E-state index in [-0.39, 0.29) is 18.0 Å². The van der Waals surface area contributed by atoms with Crippen LogP contribution in [0.25, 0.3) is 0 Å². The Labute approximate surface area is 212 Å². The van der Waals surface area contributed by atoms with Crippen molar-refractivity contribution in [2.24, 2.45) is 4.99 Å². The fraction of sp³-hybridized carbons (Fsp3) is 0.115. The number of aryl methyl sites for hydroxylation is 1. The molecule has 0 aliphatic heterocycles. The van der Waals surface area contributed by atoms with E-state index >= 15 is 0 Å². The maximum absolute atomic E-state index is 13.5. The van der Waals surface area contributed by atoms with Crippen molar-refractivity contribution >= 4 is 49.5 Å². The van der Waals surface area contributed by atoms with Crippen molar-refractivity contribution in [3.05, 3.63) is 117 Å². The number of benzene rings is 3. The van der Waals surface area contributed by atoms with Gasteiger partial charge >= 0.3 is 0 Å². The van der Waals surface area contributed by atoms with E-state index in [9.17, 15) is 8.42 Å². The molecule has 4 rings (SSSR count). The third kappa shape index (κ3) is 6.24. The fourth-order valence-electron chi connectivity index (χ4n) is 3.30. The molecule has 0 radical (unpaired) electrons. The lowest BCUT2D eigenvalue weighted by Crippen LogP contribution is -2.30. The van der Waals surface area contributed by atoms with Gasteiger partial charge in [0.05, 0.1) is 23.3 Å². The van der Waals surface area contributed by atoms with Crippen molar-refractivity contribution in [1.29, 1.82) is 0 Å². The maximum Gasteiger partial charge on any atom is 0.243 e. The summed E-state index contributed by atoms with van der Waals surface area (Å²) in [5, 5.41) is 0.595. The molecule has 1 heterocycles. The first-order valence-corrected chi connectivity index (χ1v) is 13.1. The highest BCUT2D eigenvalue weighted by Crippen LogP contribution is 2.24. The highest BCUT2D eigenvalue weighted by Gasteiger charge is 2.26. The zero-order chi connectivity index (χ0) is 24.1. The van der Waals surface area contributed by atoms with Crippen LogP contribution in [-0.2, 0) is 23.1 Å². The predicted molar refractivity (Wildman–Crippen MR) is 139 cm³/mol. The van der Waals surface area contributed by atoms with Gasteiger partial charge in [-0.05, 0) is 67.1 Å². The van der Waals surface area contributed by atoms with Crippen LogP contribution in [0.4, 0.5) is 5.69 Å². The Morgan fingerprint density at radius 1 is 0.971 bits per heavy atom. The molecule has 8 heteroatoms. The Kier molecular flexibility index (Phi) is 7.68. The van der Waals surface area contributed by atoms with Gasteiger partial charge < -0.3 is 4.42 Å². The van der Waals surface area contributed by atoms with Gasteiger partial charge in [0.2, 0.25) is 10.0 Å². The van der Waals surface area contributed by atoms with Crippen LogP contribution in [0.1, 0.15) is 22.6 Å². The van der Waals surface area contributed by atoms with Crippen LogP contribution in [0.15, 0.2) is 104 Å². The lowest BCUT2D eigenvalue weighted by molar-refractivity contribution is 0.357. The minimum absolute atomic E-state index is 0.0730. The molecule has 0 saturated heterocycles. The van der Waals surface area contributed by atoms with Gasteiger partial charge in [-0.25, -0.2) is 8.42 Å². The Hall–Kier alpha value is -2.71. The molecule has 0 fully saturated rings. The van der Waals surface area contributed by atoms with Crippen LogP contribution in [-0.4, -0.2) is 18.9 Å².